The van der Waals surface area contributed by atoms with Crippen molar-refractivity contribution in [1.29, 1.82) is 0 Å². The minimum atomic E-state index is -4.37. The van der Waals surface area contributed by atoms with E-state index in [2.05, 4.69) is 37.7 Å². The molecule has 1 saturated heterocycles. The van der Waals surface area contributed by atoms with Gasteiger partial charge in [0.25, 0.3) is 0 Å². The Balaban J connectivity index is 1.65. The summed E-state index contributed by atoms with van der Waals surface area (Å²) in [7, 11) is 2.08. The second-order valence-electron chi connectivity index (χ2n) is 6.88. The number of rotatable bonds is 3. The number of likely N-dealkylation sites (N-methyl/N-ethyl adjacent to an activating group) is 1. The van der Waals surface area contributed by atoms with E-state index in [1.165, 1.54) is 12.1 Å². The van der Waals surface area contributed by atoms with Gasteiger partial charge in [0.05, 0.1) is 22.7 Å². The highest BCUT2D eigenvalue weighted by Crippen LogP contribution is 2.33. The number of alkyl halides is 3. The summed E-state index contributed by atoms with van der Waals surface area (Å²) in [5.74, 6) is 0.634. The molecule has 27 heavy (non-hydrogen) atoms. The first-order valence-electron chi connectivity index (χ1n) is 8.74. The maximum Gasteiger partial charge on any atom is 0.416 e. The molecule has 142 valence electrons. The van der Waals surface area contributed by atoms with Gasteiger partial charge in [0.2, 0.25) is 0 Å². The largest absolute Gasteiger partial charge is 0.416 e. The molecule has 0 aliphatic carbocycles. The fourth-order valence-electron chi connectivity index (χ4n) is 3.45. The highest BCUT2D eigenvalue weighted by molar-refractivity contribution is 5.97. The van der Waals surface area contributed by atoms with Crippen LogP contribution in [0.4, 0.5) is 19.0 Å². The van der Waals surface area contributed by atoms with Gasteiger partial charge in [-0.2, -0.15) is 18.3 Å². The van der Waals surface area contributed by atoms with E-state index in [1.54, 1.807) is 6.20 Å². The molecule has 2 N–H and O–H groups in total. The fraction of sp³-hybridized carbons (Fsp3) is 0.389. The maximum absolute atomic E-state index is 12.8. The molecule has 2 aromatic heterocycles. The molecule has 3 aromatic rings. The molecular weight excluding hydrogens is 357 g/mol. The third kappa shape index (κ3) is 3.59. The molecule has 6 nitrogen and oxygen atoms in total. The summed E-state index contributed by atoms with van der Waals surface area (Å²) in [6.07, 6.45) is -0.549. The average molecular weight is 376 g/mol. The van der Waals surface area contributed by atoms with Crippen LogP contribution in [-0.4, -0.2) is 51.5 Å². The molecule has 4 rings (SSSR count). The van der Waals surface area contributed by atoms with Crippen LogP contribution in [0.25, 0.3) is 22.2 Å². The average Bonchev–Trinajstić information content (AvgIpc) is 3.12. The van der Waals surface area contributed by atoms with Crippen molar-refractivity contribution in [3.05, 3.63) is 36.0 Å². The summed E-state index contributed by atoms with van der Waals surface area (Å²) in [6.45, 7) is 2.00. The van der Waals surface area contributed by atoms with E-state index in [0.717, 1.165) is 43.5 Å². The van der Waals surface area contributed by atoms with Crippen LogP contribution in [0.2, 0.25) is 0 Å². The monoisotopic (exact) mass is 376 g/mol. The molecule has 1 aliphatic rings. The third-order valence-electron chi connectivity index (χ3n) is 4.83. The quantitative estimate of drug-likeness (QED) is 0.732. The Labute approximate surface area is 153 Å². The van der Waals surface area contributed by atoms with E-state index in [1.807, 2.05) is 0 Å². The Morgan fingerprint density at radius 1 is 1.19 bits per heavy atom. The zero-order valence-electron chi connectivity index (χ0n) is 14.7. The zero-order chi connectivity index (χ0) is 19.0. The Bertz CT molecular complexity index is 934. The number of benzene rings is 1. The number of anilines is 1. The number of nitrogens with zero attached hydrogens (tertiary/aromatic N) is 4. The summed E-state index contributed by atoms with van der Waals surface area (Å²) < 4.78 is 38.3. The fourth-order valence-corrected chi connectivity index (χ4v) is 3.45. The number of likely N-dealkylation sites (tertiary alicyclic amines) is 1. The second kappa shape index (κ2) is 6.80. The molecule has 1 atom stereocenters. The van der Waals surface area contributed by atoms with Crippen LogP contribution in [-0.2, 0) is 6.18 Å². The van der Waals surface area contributed by atoms with Crippen molar-refractivity contribution in [2.45, 2.75) is 25.1 Å². The molecule has 0 unspecified atom stereocenters. The lowest BCUT2D eigenvalue weighted by Crippen LogP contribution is -2.40. The van der Waals surface area contributed by atoms with Crippen LogP contribution in [0.15, 0.2) is 30.5 Å². The highest BCUT2D eigenvalue weighted by Gasteiger charge is 2.30. The summed E-state index contributed by atoms with van der Waals surface area (Å²) in [5, 5.41) is 19.7. The number of fused-ring (bicyclic) bond motifs is 1. The number of piperidine rings is 1. The second-order valence-corrected chi connectivity index (χ2v) is 6.88. The standard InChI is InChI=1S/C18H19F3N6/c1-27-8-2-3-13(10-27)23-17-14-9-22-24-16(14)15(25-26-17)11-4-6-12(7-5-11)18(19,20)21/h4-7,9,13H,2-3,8,10H2,1H3,(H,22,24)(H,23,26)/t13-/m1/s1. The van der Waals surface area contributed by atoms with Crippen LogP contribution in [0.5, 0.6) is 0 Å². The molecule has 9 heteroatoms. The molecule has 0 spiro atoms. The van der Waals surface area contributed by atoms with Crippen molar-refractivity contribution >= 4 is 16.7 Å². The van der Waals surface area contributed by atoms with E-state index in [9.17, 15) is 13.2 Å². The van der Waals surface area contributed by atoms with E-state index < -0.39 is 11.7 Å². The lowest BCUT2D eigenvalue weighted by atomic mass is 10.1. The zero-order valence-corrected chi connectivity index (χ0v) is 14.7. The van der Waals surface area contributed by atoms with Gasteiger partial charge in [0.15, 0.2) is 5.82 Å². The minimum absolute atomic E-state index is 0.271. The van der Waals surface area contributed by atoms with Gasteiger partial charge in [-0.15, -0.1) is 10.2 Å². The predicted molar refractivity (Wildman–Crippen MR) is 96.3 cm³/mol. The minimum Gasteiger partial charge on any atom is -0.364 e. The molecule has 1 aromatic carbocycles. The van der Waals surface area contributed by atoms with Crippen molar-refractivity contribution in [2.75, 3.05) is 25.5 Å². The maximum atomic E-state index is 12.8. The number of aromatic nitrogens is 4. The van der Waals surface area contributed by atoms with Gasteiger partial charge >= 0.3 is 6.18 Å². The summed E-state index contributed by atoms with van der Waals surface area (Å²) >= 11 is 0. The van der Waals surface area contributed by atoms with Gasteiger partial charge in [-0.25, -0.2) is 0 Å². The van der Waals surface area contributed by atoms with Crippen LogP contribution in [0.1, 0.15) is 18.4 Å². The summed E-state index contributed by atoms with van der Waals surface area (Å²) in [4.78, 5) is 2.26. The molecular formula is C18H19F3N6. The van der Waals surface area contributed by atoms with E-state index in [0.29, 0.717) is 22.6 Å². The Hall–Kier alpha value is -2.68. The van der Waals surface area contributed by atoms with Crippen molar-refractivity contribution in [1.82, 2.24) is 25.3 Å². The lowest BCUT2D eigenvalue weighted by Gasteiger charge is -2.30. The van der Waals surface area contributed by atoms with Gasteiger partial charge < -0.3 is 10.2 Å². The number of nitrogens with one attached hydrogen (secondary N) is 2. The number of H-pyrrole nitrogens is 1. The smallest absolute Gasteiger partial charge is 0.364 e. The predicted octanol–water partition coefficient (Wildman–Crippen LogP) is 3.54. The first-order valence-corrected chi connectivity index (χ1v) is 8.74. The normalized spacial score (nSPS) is 18.7. The molecule has 0 saturated carbocycles. The number of hydrogen-bond acceptors (Lipinski definition) is 5. The van der Waals surface area contributed by atoms with Crippen molar-refractivity contribution < 1.29 is 13.2 Å². The van der Waals surface area contributed by atoms with E-state index >= 15 is 0 Å². The van der Waals surface area contributed by atoms with Crippen LogP contribution in [0.3, 0.4) is 0 Å². The number of hydrogen-bond donors (Lipinski definition) is 2. The van der Waals surface area contributed by atoms with E-state index in [-0.39, 0.29) is 6.04 Å². The molecule has 1 fully saturated rings. The van der Waals surface area contributed by atoms with Crippen molar-refractivity contribution in [2.24, 2.45) is 0 Å². The van der Waals surface area contributed by atoms with E-state index in [4.69, 9.17) is 0 Å². The van der Waals surface area contributed by atoms with Gasteiger partial charge in [-0.05, 0) is 38.6 Å². The van der Waals surface area contributed by atoms with Crippen LogP contribution < -0.4 is 5.32 Å². The van der Waals surface area contributed by atoms with Crippen LogP contribution in [0, 0.1) is 0 Å². The topological polar surface area (TPSA) is 69.7 Å². The van der Waals surface area contributed by atoms with Crippen LogP contribution >= 0.6 is 0 Å². The molecule has 3 heterocycles. The molecule has 1 aliphatic heterocycles. The third-order valence-corrected chi connectivity index (χ3v) is 4.83. The Morgan fingerprint density at radius 2 is 1.96 bits per heavy atom. The Morgan fingerprint density at radius 3 is 2.67 bits per heavy atom. The number of aromatic amines is 1. The van der Waals surface area contributed by atoms with Crippen molar-refractivity contribution in [3.63, 3.8) is 0 Å². The lowest BCUT2D eigenvalue weighted by molar-refractivity contribution is -0.137. The number of halogens is 3. The molecule has 0 amide bonds. The van der Waals surface area contributed by atoms with Crippen molar-refractivity contribution in [3.8, 4) is 11.3 Å². The summed E-state index contributed by atoms with van der Waals surface area (Å²) in [6, 6.07) is 5.16. The van der Waals surface area contributed by atoms with Gasteiger partial charge in [0.1, 0.15) is 5.69 Å². The highest BCUT2D eigenvalue weighted by atomic mass is 19.4. The van der Waals surface area contributed by atoms with Gasteiger partial charge in [-0.3, -0.25) is 5.10 Å². The molecule has 0 radical (unpaired) electrons. The SMILES string of the molecule is CN1CCC[C@@H](Nc2nnc(-c3ccc(C(F)(F)F)cc3)c3[nH]ncc23)C1. The summed E-state index contributed by atoms with van der Waals surface area (Å²) in [5.41, 5.74) is 0.979. The van der Waals surface area contributed by atoms with Gasteiger partial charge in [-0.1, -0.05) is 12.1 Å². The Kier molecular flexibility index (Phi) is 4.47. The first-order chi connectivity index (χ1) is 12.9. The van der Waals surface area contributed by atoms with Gasteiger partial charge in [0, 0.05) is 18.2 Å². The first kappa shape index (κ1) is 17.7. The molecule has 0 bridgehead atoms.